The number of hydrogen-bond donors (Lipinski definition) is 1. The van der Waals surface area contributed by atoms with Crippen molar-refractivity contribution < 1.29 is 14.3 Å². The first-order valence-corrected chi connectivity index (χ1v) is 8.99. The fourth-order valence-electron chi connectivity index (χ4n) is 1.86. The SMILES string of the molecule is C=CCOc1c(I)cc(/C=C2\C(=O)NC(=S)N(C)C2=O)cc1I. The third kappa shape index (κ3) is 4.10. The number of carbonyl (C=O) groups is 2. The zero-order chi connectivity index (χ0) is 17.1. The van der Waals surface area contributed by atoms with Crippen LogP contribution in [0.1, 0.15) is 5.56 Å². The van der Waals surface area contributed by atoms with Crippen molar-refractivity contribution >= 4 is 80.4 Å². The normalized spacial score (nSPS) is 16.6. The highest BCUT2D eigenvalue weighted by atomic mass is 127. The Hall–Kier alpha value is -1.01. The molecule has 2 amide bonds. The topological polar surface area (TPSA) is 58.6 Å². The Labute approximate surface area is 166 Å². The van der Waals surface area contributed by atoms with E-state index < -0.39 is 11.8 Å². The number of nitrogens with zero attached hydrogens (tertiary/aromatic N) is 1. The lowest BCUT2D eigenvalue weighted by atomic mass is 10.1. The van der Waals surface area contributed by atoms with Crippen LogP contribution in [0.15, 0.2) is 30.4 Å². The quantitative estimate of drug-likeness (QED) is 0.205. The smallest absolute Gasteiger partial charge is 0.265 e. The average Bonchev–Trinajstić information content (AvgIpc) is 2.49. The van der Waals surface area contributed by atoms with Crippen LogP contribution >= 0.6 is 57.4 Å². The fourth-order valence-corrected chi connectivity index (χ4v) is 4.16. The van der Waals surface area contributed by atoms with Gasteiger partial charge in [0, 0.05) is 7.05 Å². The maximum atomic E-state index is 12.2. The van der Waals surface area contributed by atoms with Crippen LogP contribution in [0.3, 0.4) is 0 Å². The van der Waals surface area contributed by atoms with Crippen LogP contribution in [-0.2, 0) is 9.59 Å². The van der Waals surface area contributed by atoms with E-state index in [4.69, 9.17) is 17.0 Å². The molecule has 0 bridgehead atoms. The van der Waals surface area contributed by atoms with Gasteiger partial charge in [-0.25, -0.2) is 0 Å². The van der Waals surface area contributed by atoms with Gasteiger partial charge in [-0.1, -0.05) is 12.7 Å². The Kier molecular flexibility index (Phi) is 6.14. The average molecular weight is 554 g/mol. The van der Waals surface area contributed by atoms with E-state index in [9.17, 15) is 9.59 Å². The minimum atomic E-state index is -0.491. The van der Waals surface area contributed by atoms with E-state index in [0.29, 0.717) is 6.61 Å². The summed E-state index contributed by atoms with van der Waals surface area (Å²) in [4.78, 5) is 25.4. The molecule has 23 heavy (non-hydrogen) atoms. The number of halogens is 2. The van der Waals surface area contributed by atoms with Crippen LogP contribution in [0.25, 0.3) is 6.08 Å². The standard InChI is InChI=1S/C15H12I2N2O3S/c1-3-4-22-12-10(16)6-8(7-11(12)17)5-9-13(20)18-15(23)19(2)14(9)21/h3,5-7H,1,4H2,2H3,(H,18,20,23)/b9-5+. The number of benzene rings is 1. The van der Waals surface area contributed by atoms with Crippen LogP contribution in [0, 0.1) is 7.14 Å². The van der Waals surface area contributed by atoms with Crippen molar-refractivity contribution in [3.8, 4) is 5.75 Å². The molecule has 1 heterocycles. The molecule has 120 valence electrons. The maximum Gasteiger partial charge on any atom is 0.265 e. The zero-order valence-electron chi connectivity index (χ0n) is 12.1. The molecule has 0 aromatic heterocycles. The molecule has 8 heteroatoms. The molecule has 1 aromatic rings. The number of likely N-dealkylation sites (N-methyl/N-ethyl adjacent to an activating group) is 1. The van der Waals surface area contributed by atoms with Crippen molar-refractivity contribution in [3.63, 3.8) is 0 Å². The zero-order valence-corrected chi connectivity index (χ0v) is 17.2. The maximum absolute atomic E-state index is 12.2. The molecule has 1 aromatic carbocycles. The van der Waals surface area contributed by atoms with Gasteiger partial charge < -0.3 is 4.74 Å². The van der Waals surface area contributed by atoms with Crippen molar-refractivity contribution in [1.29, 1.82) is 0 Å². The van der Waals surface area contributed by atoms with E-state index >= 15 is 0 Å². The first kappa shape index (κ1) is 18.3. The second kappa shape index (κ2) is 7.71. The van der Waals surface area contributed by atoms with Gasteiger partial charge in [0.1, 0.15) is 17.9 Å². The Morgan fingerprint density at radius 2 is 1.96 bits per heavy atom. The third-order valence-corrected chi connectivity index (χ3v) is 4.96. The Balaban J connectivity index is 2.39. The summed E-state index contributed by atoms with van der Waals surface area (Å²) >= 11 is 9.22. The van der Waals surface area contributed by atoms with Gasteiger partial charge in [0.2, 0.25) is 0 Å². The van der Waals surface area contributed by atoms with Gasteiger partial charge in [-0.3, -0.25) is 19.8 Å². The number of ether oxygens (including phenoxy) is 1. The minimum Gasteiger partial charge on any atom is -0.487 e. The van der Waals surface area contributed by atoms with Gasteiger partial charge in [-0.2, -0.15) is 0 Å². The Morgan fingerprint density at radius 1 is 1.35 bits per heavy atom. The van der Waals surface area contributed by atoms with E-state index in [1.807, 2.05) is 12.1 Å². The highest BCUT2D eigenvalue weighted by molar-refractivity contribution is 14.1. The molecule has 1 aliphatic heterocycles. The molecule has 1 aliphatic rings. The van der Waals surface area contributed by atoms with Crippen LogP contribution in [0.2, 0.25) is 0 Å². The number of hydrogen-bond acceptors (Lipinski definition) is 4. The van der Waals surface area contributed by atoms with Crippen molar-refractivity contribution in [3.05, 3.63) is 43.1 Å². The van der Waals surface area contributed by atoms with Gasteiger partial charge in [0.25, 0.3) is 11.8 Å². The summed E-state index contributed by atoms with van der Waals surface area (Å²) in [6.07, 6.45) is 3.23. The molecule has 0 aliphatic carbocycles. The van der Waals surface area contributed by atoms with Crippen molar-refractivity contribution in [1.82, 2.24) is 10.2 Å². The Morgan fingerprint density at radius 3 is 2.52 bits per heavy atom. The summed E-state index contributed by atoms with van der Waals surface area (Å²) in [6.45, 7) is 4.04. The van der Waals surface area contributed by atoms with Crippen LogP contribution in [-0.4, -0.2) is 35.5 Å². The van der Waals surface area contributed by atoms with E-state index in [1.54, 1.807) is 12.2 Å². The van der Waals surface area contributed by atoms with Gasteiger partial charge in [-0.15, -0.1) is 0 Å². The molecule has 2 rings (SSSR count). The first-order valence-electron chi connectivity index (χ1n) is 6.43. The number of carbonyl (C=O) groups excluding carboxylic acids is 2. The molecule has 0 atom stereocenters. The number of amides is 2. The Bertz CT molecular complexity index is 723. The van der Waals surface area contributed by atoms with E-state index in [1.165, 1.54) is 11.9 Å². The molecule has 1 saturated heterocycles. The highest BCUT2D eigenvalue weighted by Gasteiger charge is 2.30. The molecule has 0 spiro atoms. The van der Waals surface area contributed by atoms with Crippen molar-refractivity contribution in [2.24, 2.45) is 0 Å². The summed E-state index contributed by atoms with van der Waals surface area (Å²) in [6, 6.07) is 3.70. The van der Waals surface area contributed by atoms with Gasteiger partial charge in [0.05, 0.1) is 7.14 Å². The molecule has 0 unspecified atom stereocenters. The second-order valence-electron chi connectivity index (χ2n) is 4.59. The van der Waals surface area contributed by atoms with E-state index in [-0.39, 0.29) is 10.7 Å². The monoisotopic (exact) mass is 554 g/mol. The van der Waals surface area contributed by atoms with Crippen LogP contribution in [0.4, 0.5) is 0 Å². The summed E-state index contributed by atoms with van der Waals surface area (Å²) in [5, 5.41) is 2.59. The lowest BCUT2D eigenvalue weighted by Gasteiger charge is -2.25. The summed E-state index contributed by atoms with van der Waals surface area (Å²) < 4.78 is 7.38. The molecular formula is C15H12I2N2O3S. The van der Waals surface area contributed by atoms with Crippen molar-refractivity contribution in [2.75, 3.05) is 13.7 Å². The van der Waals surface area contributed by atoms with Crippen LogP contribution in [0.5, 0.6) is 5.75 Å². The summed E-state index contributed by atoms with van der Waals surface area (Å²) in [5.74, 6) is -0.156. The number of nitrogens with one attached hydrogen (secondary N) is 1. The summed E-state index contributed by atoms with van der Waals surface area (Å²) in [7, 11) is 1.53. The second-order valence-corrected chi connectivity index (χ2v) is 7.31. The molecule has 0 saturated carbocycles. The van der Waals surface area contributed by atoms with Crippen molar-refractivity contribution in [2.45, 2.75) is 0 Å². The largest absolute Gasteiger partial charge is 0.487 e. The molecule has 1 N–H and O–H groups in total. The van der Waals surface area contributed by atoms with Gasteiger partial charge in [0.15, 0.2) is 5.11 Å². The predicted molar refractivity (Wildman–Crippen MR) is 109 cm³/mol. The molecular weight excluding hydrogens is 542 g/mol. The van der Waals surface area contributed by atoms with Gasteiger partial charge >= 0.3 is 0 Å². The number of rotatable bonds is 4. The fraction of sp³-hybridized carbons (Fsp3) is 0.133. The third-order valence-electron chi connectivity index (χ3n) is 2.98. The number of thiocarbonyl (C=S) groups is 1. The van der Waals surface area contributed by atoms with E-state index in [0.717, 1.165) is 18.5 Å². The minimum absolute atomic E-state index is 0.0486. The molecule has 1 fully saturated rings. The lowest BCUT2D eigenvalue weighted by molar-refractivity contribution is -0.128. The van der Waals surface area contributed by atoms with Crippen LogP contribution < -0.4 is 10.1 Å². The molecule has 0 radical (unpaired) electrons. The predicted octanol–water partition coefficient (Wildman–Crippen LogP) is 2.72. The van der Waals surface area contributed by atoms with Gasteiger partial charge in [-0.05, 0) is 81.2 Å². The first-order chi connectivity index (χ1) is 10.8. The summed E-state index contributed by atoms with van der Waals surface area (Å²) in [5.41, 5.74) is 0.789. The molecule has 5 nitrogen and oxygen atoms in total. The highest BCUT2D eigenvalue weighted by Crippen LogP contribution is 2.30. The lowest BCUT2D eigenvalue weighted by Crippen LogP contribution is -2.52. The van der Waals surface area contributed by atoms with E-state index in [2.05, 4.69) is 57.1 Å².